The number of hydrogen-bond acceptors (Lipinski definition) is 0. The average Bonchev–Trinajstić information content (AvgIpc) is 2.28. The maximum atomic E-state index is 12.6. The van der Waals surface area contributed by atoms with Gasteiger partial charge in [0.1, 0.15) is 0 Å². The Hall–Kier alpha value is -0.960. The molecule has 1 aromatic rings. The van der Waals surface area contributed by atoms with Crippen LogP contribution in [0.1, 0.15) is 30.4 Å². The Morgan fingerprint density at radius 1 is 1.28 bits per heavy atom. The van der Waals surface area contributed by atoms with Crippen LogP contribution in [0.3, 0.4) is 0 Å². The first-order valence-electron chi connectivity index (χ1n) is 5.95. The zero-order chi connectivity index (χ0) is 13.2. The van der Waals surface area contributed by atoms with E-state index in [2.05, 4.69) is 0 Å². The molecule has 0 fully saturated rings. The Balaban J connectivity index is 2.15. The van der Waals surface area contributed by atoms with Crippen molar-refractivity contribution in [2.75, 3.05) is 0 Å². The molecule has 0 heterocycles. The van der Waals surface area contributed by atoms with Crippen LogP contribution < -0.4 is 0 Å². The number of rotatable bonds is 2. The molecule has 1 aliphatic carbocycles. The molecule has 0 amide bonds. The average molecular weight is 275 g/mol. The number of alkyl halides is 4. The quantitative estimate of drug-likeness (QED) is 0.528. The molecule has 0 saturated carbocycles. The molecule has 0 aliphatic heterocycles. The first-order chi connectivity index (χ1) is 8.45. The third-order valence-corrected chi connectivity index (χ3v) is 3.42. The Kier molecular flexibility index (Phi) is 4.00. The maximum Gasteiger partial charge on any atom is 0.416 e. The van der Waals surface area contributed by atoms with Crippen molar-refractivity contribution in [3.05, 3.63) is 47.0 Å². The summed E-state index contributed by atoms with van der Waals surface area (Å²) in [4.78, 5) is 0. The van der Waals surface area contributed by atoms with Crippen LogP contribution in [-0.2, 0) is 12.6 Å². The van der Waals surface area contributed by atoms with Gasteiger partial charge in [0.05, 0.1) is 10.9 Å². The second kappa shape index (κ2) is 5.35. The van der Waals surface area contributed by atoms with E-state index in [1.165, 1.54) is 12.1 Å². The van der Waals surface area contributed by atoms with Gasteiger partial charge in [-0.2, -0.15) is 13.2 Å². The van der Waals surface area contributed by atoms with Gasteiger partial charge in [0.25, 0.3) is 0 Å². The van der Waals surface area contributed by atoms with Gasteiger partial charge in [-0.1, -0.05) is 29.8 Å². The molecule has 98 valence electrons. The molecule has 4 heteroatoms. The van der Waals surface area contributed by atoms with Gasteiger partial charge >= 0.3 is 6.18 Å². The molecule has 0 nitrogen and oxygen atoms in total. The summed E-state index contributed by atoms with van der Waals surface area (Å²) in [7, 11) is 0. The van der Waals surface area contributed by atoms with Crippen molar-refractivity contribution in [1.82, 2.24) is 0 Å². The van der Waals surface area contributed by atoms with Crippen molar-refractivity contribution < 1.29 is 13.2 Å². The van der Waals surface area contributed by atoms with E-state index in [-0.39, 0.29) is 5.38 Å². The van der Waals surface area contributed by atoms with Crippen molar-refractivity contribution >= 4 is 11.6 Å². The van der Waals surface area contributed by atoms with Crippen molar-refractivity contribution in [3.8, 4) is 0 Å². The molecule has 1 aromatic carbocycles. The molecule has 1 aliphatic rings. The van der Waals surface area contributed by atoms with Crippen LogP contribution in [0.25, 0.3) is 0 Å². The Bertz CT molecular complexity index is 449. The van der Waals surface area contributed by atoms with Gasteiger partial charge in [-0.05, 0) is 37.3 Å². The van der Waals surface area contributed by atoms with E-state index in [0.29, 0.717) is 12.0 Å². The number of allylic oxidation sites excluding steroid dienone is 2. The van der Waals surface area contributed by atoms with E-state index < -0.39 is 11.7 Å². The van der Waals surface area contributed by atoms with Crippen LogP contribution in [0, 0.1) is 0 Å². The highest BCUT2D eigenvalue weighted by Crippen LogP contribution is 2.31. The zero-order valence-corrected chi connectivity index (χ0v) is 10.6. The van der Waals surface area contributed by atoms with Gasteiger partial charge in [0, 0.05) is 0 Å². The minimum atomic E-state index is -4.27. The predicted octanol–water partition coefficient (Wildman–Crippen LogP) is 4.97. The minimum absolute atomic E-state index is 0.0274. The molecule has 0 saturated heterocycles. The van der Waals surface area contributed by atoms with Crippen LogP contribution in [-0.4, -0.2) is 5.38 Å². The lowest BCUT2D eigenvalue weighted by molar-refractivity contribution is -0.137. The van der Waals surface area contributed by atoms with Crippen molar-refractivity contribution in [2.45, 2.75) is 37.2 Å². The third kappa shape index (κ3) is 3.52. The first kappa shape index (κ1) is 13.5. The van der Waals surface area contributed by atoms with Crippen LogP contribution in [0.2, 0.25) is 0 Å². The van der Waals surface area contributed by atoms with E-state index >= 15 is 0 Å². The molecule has 0 radical (unpaired) electrons. The van der Waals surface area contributed by atoms with Gasteiger partial charge in [0.15, 0.2) is 0 Å². The van der Waals surface area contributed by atoms with E-state index in [4.69, 9.17) is 11.6 Å². The molecule has 2 rings (SSSR count). The Morgan fingerprint density at radius 2 is 2.06 bits per heavy atom. The highest BCUT2D eigenvalue weighted by Gasteiger charge is 2.30. The largest absolute Gasteiger partial charge is 0.416 e. The summed E-state index contributed by atoms with van der Waals surface area (Å²) in [6, 6.07) is 5.51. The Morgan fingerprint density at radius 3 is 2.72 bits per heavy atom. The topological polar surface area (TPSA) is 0 Å². The summed E-state index contributed by atoms with van der Waals surface area (Å²) >= 11 is 6.03. The second-order valence-corrected chi connectivity index (χ2v) is 5.17. The number of halogens is 4. The lowest BCUT2D eigenvalue weighted by atomic mass is 9.93. The second-order valence-electron chi connectivity index (χ2n) is 4.61. The summed E-state index contributed by atoms with van der Waals surface area (Å²) in [6.45, 7) is 0. The molecular weight excluding hydrogens is 261 g/mol. The fourth-order valence-corrected chi connectivity index (χ4v) is 2.55. The van der Waals surface area contributed by atoms with Crippen molar-refractivity contribution in [2.24, 2.45) is 0 Å². The normalized spacial score (nSPS) is 20.7. The van der Waals surface area contributed by atoms with Crippen LogP contribution in [0.5, 0.6) is 0 Å². The maximum absolute atomic E-state index is 12.6. The zero-order valence-electron chi connectivity index (χ0n) is 9.80. The fourth-order valence-electron chi connectivity index (χ4n) is 2.21. The van der Waals surface area contributed by atoms with E-state index in [1.54, 1.807) is 6.07 Å². The summed E-state index contributed by atoms with van der Waals surface area (Å²) in [6.07, 6.45) is 1.16. The van der Waals surface area contributed by atoms with Crippen LogP contribution in [0.15, 0.2) is 35.9 Å². The van der Waals surface area contributed by atoms with Crippen LogP contribution >= 0.6 is 11.6 Å². The summed E-state index contributed by atoms with van der Waals surface area (Å²) in [5.74, 6) is 0. The minimum Gasteiger partial charge on any atom is -0.166 e. The van der Waals surface area contributed by atoms with E-state index in [1.807, 2.05) is 6.08 Å². The van der Waals surface area contributed by atoms with Gasteiger partial charge in [-0.15, -0.1) is 11.6 Å². The molecule has 0 spiro atoms. The van der Waals surface area contributed by atoms with Crippen molar-refractivity contribution in [1.29, 1.82) is 0 Å². The molecule has 1 unspecified atom stereocenters. The van der Waals surface area contributed by atoms with Crippen molar-refractivity contribution in [3.63, 3.8) is 0 Å². The number of benzene rings is 1. The summed E-state index contributed by atoms with van der Waals surface area (Å²) in [5, 5.41) is 0.0274. The SMILES string of the molecule is FC(F)(F)c1cccc(CC2=CC(Cl)CCC2)c1. The van der Waals surface area contributed by atoms with Gasteiger partial charge in [0.2, 0.25) is 0 Å². The molecule has 0 aromatic heterocycles. The highest BCUT2D eigenvalue weighted by atomic mass is 35.5. The van der Waals surface area contributed by atoms with E-state index in [0.717, 1.165) is 30.9 Å². The van der Waals surface area contributed by atoms with Gasteiger partial charge < -0.3 is 0 Å². The van der Waals surface area contributed by atoms with Gasteiger partial charge in [-0.3, -0.25) is 0 Å². The molecule has 18 heavy (non-hydrogen) atoms. The molecular formula is C14H14ClF3. The molecule has 0 N–H and O–H groups in total. The predicted molar refractivity (Wildman–Crippen MR) is 66.7 cm³/mol. The fraction of sp³-hybridized carbons (Fsp3) is 0.429. The third-order valence-electron chi connectivity index (χ3n) is 3.08. The molecule has 0 bridgehead atoms. The smallest absolute Gasteiger partial charge is 0.166 e. The van der Waals surface area contributed by atoms with E-state index in [9.17, 15) is 13.2 Å². The number of hydrogen-bond donors (Lipinski definition) is 0. The summed E-state index contributed by atoms with van der Waals surface area (Å²) in [5.41, 5.74) is 1.25. The standard InChI is InChI=1S/C14H14ClF3/c15-13-6-2-4-11(9-13)7-10-3-1-5-12(8-10)14(16,17)18/h1,3,5,8-9,13H,2,4,6-7H2. The monoisotopic (exact) mass is 274 g/mol. The summed E-state index contributed by atoms with van der Waals surface area (Å²) < 4.78 is 37.7. The Labute approximate surface area is 109 Å². The van der Waals surface area contributed by atoms with Gasteiger partial charge in [-0.25, -0.2) is 0 Å². The lowest BCUT2D eigenvalue weighted by Crippen LogP contribution is -2.07. The lowest BCUT2D eigenvalue weighted by Gasteiger charge is -2.17. The molecule has 1 atom stereocenters. The first-order valence-corrected chi connectivity index (χ1v) is 6.38. The highest BCUT2D eigenvalue weighted by molar-refractivity contribution is 6.21. The van der Waals surface area contributed by atoms with Crippen LogP contribution in [0.4, 0.5) is 13.2 Å².